The molecule has 1 N–H and O–H groups in total. The highest BCUT2D eigenvalue weighted by Crippen LogP contribution is 2.09. The van der Waals surface area contributed by atoms with Gasteiger partial charge in [0.25, 0.3) is 11.7 Å². The van der Waals surface area contributed by atoms with Crippen molar-refractivity contribution in [2.75, 3.05) is 38.0 Å². The number of amides is 2. The van der Waals surface area contributed by atoms with Crippen molar-refractivity contribution in [1.82, 2.24) is 29.4 Å². The lowest BCUT2D eigenvalue weighted by atomic mass is 10.3. The Balaban J connectivity index is 1.32. The number of hydrogen-bond donors (Lipinski definition) is 1. The molecule has 0 unspecified atom stereocenters. The van der Waals surface area contributed by atoms with Gasteiger partial charge in [0.15, 0.2) is 0 Å². The molecule has 144 valence electrons. The molecule has 1 aliphatic heterocycles. The zero-order chi connectivity index (χ0) is 19.5. The molecule has 9 heteroatoms. The summed E-state index contributed by atoms with van der Waals surface area (Å²) in [5.74, 6) is 0.296. The molecule has 2 amide bonds. The second kappa shape index (κ2) is 7.73. The van der Waals surface area contributed by atoms with Crippen molar-refractivity contribution in [1.29, 1.82) is 0 Å². The number of aromatic nitrogens is 4. The smallest absolute Gasteiger partial charge is 0.293 e. The van der Waals surface area contributed by atoms with Crippen LogP contribution in [0, 0.1) is 6.92 Å². The highest BCUT2D eigenvalue weighted by molar-refractivity contribution is 5.92. The third-order valence-corrected chi connectivity index (χ3v) is 4.71. The van der Waals surface area contributed by atoms with Crippen molar-refractivity contribution >= 4 is 23.3 Å². The maximum atomic E-state index is 12.7. The minimum atomic E-state index is -0.210. The van der Waals surface area contributed by atoms with Gasteiger partial charge in [-0.05, 0) is 25.1 Å². The van der Waals surface area contributed by atoms with E-state index in [4.69, 9.17) is 0 Å². The summed E-state index contributed by atoms with van der Waals surface area (Å²) in [6.45, 7) is 4.49. The van der Waals surface area contributed by atoms with Gasteiger partial charge in [-0.1, -0.05) is 18.2 Å². The van der Waals surface area contributed by atoms with Crippen molar-refractivity contribution in [2.24, 2.45) is 0 Å². The Morgan fingerprint density at radius 1 is 1.07 bits per heavy atom. The van der Waals surface area contributed by atoms with Crippen LogP contribution in [0.3, 0.4) is 0 Å². The normalized spacial score (nSPS) is 15.0. The van der Waals surface area contributed by atoms with Crippen molar-refractivity contribution < 1.29 is 9.59 Å². The molecule has 0 saturated carbocycles. The van der Waals surface area contributed by atoms with E-state index in [-0.39, 0.29) is 17.6 Å². The Morgan fingerprint density at radius 3 is 2.54 bits per heavy atom. The molecule has 4 rings (SSSR count). The topological polar surface area (TPSA) is 95.7 Å². The van der Waals surface area contributed by atoms with Gasteiger partial charge in [0.05, 0.1) is 6.54 Å². The first kappa shape index (κ1) is 18.1. The number of aryl methyl sites for hydroxylation is 1. The van der Waals surface area contributed by atoms with E-state index in [2.05, 4.69) is 20.4 Å². The molecule has 0 bridgehead atoms. The van der Waals surface area contributed by atoms with Crippen molar-refractivity contribution in [2.45, 2.75) is 6.92 Å². The van der Waals surface area contributed by atoms with Gasteiger partial charge < -0.3 is 10.2 Å². The summed E-state index contributed by atoms with van der Waals surface area (Å²) < 4.78 is 1.57. The van der Waals surface area contributed by atoms with Crippen molar-refractivity contribution in [3.63, 3.8) is 0 Å². The molecule has 1 aromatic carbocycles. The number of rotatable bonds is 4. The second-order valence-corrected chi connectivity index (χ2v) is 6.72. The number of nitrogens with one attached hydrogen (secondary N) is 1. The van der Waals surface area contributed by atoms with E-state index in [9.17, 15) is 9.59 Å². The zero-order valence-corrected chi connectivity index (χ0v) is 15.6. The van der Waals surface area contributed by atoms with Crippen LogP contribution in [0.15, 0.2) is 42.6 Å². The fourth-order valence-corrected chi connectivity index (χ4v) is 3.17. The second-order valence-electron chi connectivity index (χ2n) is 6.72. The molecule has 0 spiro atoms. The minimum Gasteiger partial charge on any atom is -0.333 e. The highest BCUT2D eigenvalue weighted by atomic mass is 16.2. The van der Waals surface area contributed by atoms with E-state index in [1.54, 1.807) is 15.6 Å². The van der Waals surface area contributed by atoms with E-state index < -0.39 is 0 Å². The Morgan fingerprint density at radius 2 is 1.82 bits per heavy atom. The third-order valence-electron chi connectivity index (χ3n) is 4.71. The fraction of sp³-hybridized carbons (Fsp3) is 0.316. The van der Waals surface area contributed by atoms with Gasteiger partial charge in [-0.2, -0.15) is 4.98 Å². The molecular formula is C19H21N7O2. The average molecular weight is 379 g/mol. The molecule has 0 radical (unpaired) electrons. The summed E-state index contributed by atoms with van der Waals surface area (Å²) in [4.78, 5) is 37.0. The average Bonchev–Trinajstić information content (AvgIpc) is 3.14. The lowest BCUT2D eigenvalue weighted by molar-refractivity contribution is -0.117. The van der Waals surface area contributed by atoms with Gasteiger partial charge in [0.2, 0.25) is 11.7 Å². The summed E-state index contributed by atoms with van der Waals surface area (Å²) in [5.41, 5.74) is 1.65. The molecule has 1 aliphatic rings. The Labute approximate surface area is 162 Å². The van der Waals surface area contributed by atoms with Crippen LogP contribution in [0.25, 0.3) is 5.78 Å². The Hall–Kier alpha value is -3.33. The molecule has 1 fully saturated rings. The number of carbonyl (C=O) groups excluding carboxylic acids is 2. The molecular weight excluding hydrogens is 358 g/mol. The minimum absolute atomic E-state index is 0.0606. The monoisotopic (exact) mass is 379 g/mol. The number of hydrogen-bond acceptors (Lipinski definition) is 6. The SMILES string of the molecule is Cc1ccnc2nc(C(=O)N3CCN(CC(=O)Nc4ccccc4)CC3)nn12. The number of carbonyl (C=O) groups is 2. The predicted molar refractivity (Wildman–Crippen MR) is 103 cm³/mol. The van der Waals surface area contributed by atoms with Gasteiger partial charge in [-0.15, -0.1) is 5.10 Å². The Bertz CT molecular complexity index is 994. The van der Waals surface area contributed by atoms with Crippen LogP contribution in [-0.2, 0) is 4.79 Å². The van der Waals surface area contributed by atoms with Crippen LogP contribution in [0.5, 0.6) is 0 Å². The van der Waals surface area contributed by atoms with Crippen molar-refractivity contribution in [3.8, 4) is 0 Å². The number of nitrogens with zero attached hydrogens (tertiary/aromatic N) is 6. The number of benzene rings is 1. The zero-order valence-electron chi connectivity index (χ0n) is 15.6. The van der Waals surface area contributed by atoms with Crippen LogP contribution in [-0.4, -0.2) is 73.9 Å². The first-order valence-electron chi connectivity index (χ1n) is 9.15. The molecule has 2 aromatic heterocycles. The molecule has 9 nitrogen and oxygen atoms in total. The summed E-state index contributed by atoms with van der Waals surface area (Å²) in [7, 11) is 0. The maximum absolute atomic E-state index is 12.7. The third kappa shape index (κ3) is 3.84. The number of para-hydroxylation sites is 1. The molecule has 28 heavy (non-hydrogen) atoms. The standard InChI is InChI=1S/C19H21N7O2/c1-14-7-8-20-19-22-17(23-26(14)19)18(28)25-11-9-24(10-12-25)13-16(27)21-15-5-3-2-4-6-15/h2-8H,9-13H2,1H3,(H,21,27). The number of piperazine rings is 1. The van der Waals surface area contributed by atoms with E-state index >= 15 is 0 Å². The van der Waals surface area contributed by atoms with E-state index in [0.717, 1.165) is 11.4 Å². The maximum Gasteiger partial charge on any atom is 0.293 e. The summed E-state index contributed by atoms with van der Waals surface area (Å²) in [6, 6.07) is 11.2. The van der Waals surface area contributed by atoms with Gasteiger partial charge in [0, 0.05) is 43.8 Å². The van der Waals surface area contributed by atoms with Gasteiger partial charge in [0.1, 0.15) is 0 Å². The molecule has 3 heterocycles. The summed E-state index contributed by atoms with van der Waals surface area (Å²) >= 11 is 0. The van der Waals surface area contributed by atoms with Gasteiger partial charge in [-0.3, -0.25) is 14.5 Å². The molecule has 1 saturated heterocycles. The summed E-state index contributed by atoms with van der Waals surface area (Å²) in [5, 5.41) is 7.15. The largest absolute Gasteiger partial charge is 0.333 e. The van der Waals surface area contributed by atoms with E-state index in [0.29, 0.717) is 38.5 Å². The summed E-state index contributed by atoms with van der Waals surface area (Å²) in [6.07, 6.45) is 1.65. The Kier molecular flexibility index (Phi) is 4.98. The molecule has 0 aliphatic carbocycles. The molecule has 3 aromatic rings. The van der Waals surface area contributed by atoms with Crippen molar-refractivity contribution in [3.05, 3.63) is 54.1 Å². The van der Waals surface area contributed by atoms with Crippen LogP contribution >= 0.6 is 0 Å². The van der Waals surface area contributed by atoms with Gasteiger partial charge in [-0.25, -0.2) is 9.50 Å². The predicted octanol–water partition coefficient (Wildman–Crippen LogP) is 0.829. The fourth-order valence-electron chi connectivity index (χ4n) is 3.17. The number of fused-ring (bicyclic) bond motifs is 1. The van der Waals surface area contributed by atoms with Crippen LogP contribution in [0.4, 0.5) is 5.69 Å². The quantitative estimate of drug-likeness (QED) is 0.721. The lowest BCUT2D eigenvalue weighted by Gasteiger charge is -2.33. The van der Waals surface area contributed by atoms with Crippen LogP contribution < -0.4 is 5.32 Å². The highest BCUT2D eigenvalue weighted by Gasteiger charge is 2.26. The van der Waals surface area contributed by atoms with Crippen LogP contribution in [0.2, 0.25) is 0 Å². The van der Waals surface area contributed by atoms with E-state index in [1.807, 2.05) is 48.2 Å². The molecule has 0 atom stereocenters. The first-order chi connectivity index (χ1) is 13.6. The number of anilines is 1. The van der Waals surface area contributed by atoms with Gasteiger partial charge >= 0.3 is 0 Å². The van der Waals surface area contributed by atoms with Crippen LogP contribution in [0.1, 0.15) is 16.3 Å². The lowest BCUT2D eigenvalue weighted by Crippen LogP contribution is -2.50. The van der Waals surface area contributed by atoms with E-state index in [1.165, 1.54) is 0 Å². The first-order valence-corrected chi connectivity index (χ1v) is 9.15.